The first-order valence-electron chi connectivity index (χ1n) is 3.13. The largest absolute Gasteiger partial charge is 2.00 e. The Morgan fingerprint density at radius 3 is 2.83 bits per heavy atom. The van der Waals surface area contributed by atoms with E-state index in [1.807, 2.05) is 6.92 Å². The third-order valence-corrected chi connectivity index (χ3v) is 1.08. The SMILES string of the molecule is CCO[C-]1C=C=CC=C1F.[Br-].[Mg+2]. The Morgan fingerprint density at radius 1 is 1.67 bits per heavy atom. The van der Waals surface area contributed by atoms with Crippen LogP contribution in [0, 0.1) is 6.10 Å². The third-order valence-electron chi connectivity index (χ3n) is 1.08. The van der Waals surface area contributed by atoms with Crippen molar-refractivity contribution in [1.82, 2.24) is 0 Å². The Labute approximate surface area is 98.3 Å². The normalized spacial score (nSPS) is 13.2. The molecule has 0 aromatic rings. The summed E-state index contributed by atoms with van der Waals surface area (Å²) >= 11 is 0. The zero-order chi connectivity index (χ0) is 7.40. The average molecular weight is 243 g/mol. The molecule has 1 aliphatic carbocycles. The predicted octanol–water partition coefficient (Wildman–Crippen LogP) is -1.24. The van der Waals surface area contributed by atoms with Crippen LogP contribution in [0.5, 0.6) is 0 Å². The smallest absolute Gasteiger partial charge is 1.00 e. The van der Waals surface area contributed by atoms with Crippen LogP contribution in [-0.2, 0) is 4.74 Å². The second-order valence-electron chi connectivity index (χ2n) is 1.79. The van der Waals surface area contributed by atoms with E-state index in [2.05, 4.69) is 5.73 Å². The fourth-order valence-corrected chi connectivity index (χ4v) is 0.662. The van der Waals surface area contributed by atoms with E-state index >= 15 is 0 Å². The zero-order valence-electron chi connectivity index (χ0n) is 6.81. The maximum atomic E-state index is 12.6. The van der Waals surface area contributed by atoms with Crippen molar-refractivity contribution in [2.45, 2.75) is 6.92 Å². The van der Waals surface area contributed by atoms with Gasteiger partial charge < -0.3 is 21.7 Å². The maximum Gasteiger partial charge on any atom is 2.00 e. The van der Waals surface area contributed by atoms with Crippen LogP contribution in [0.2, 0.25) is 0 Å². The molecule has 0 atom stereocenters. The molecule has 1 rings (SSSR count). The van der Waals surface area contributed by atoms with Crippen LogP contribution in [0.15, 0.2) is 29.8 Å². The molecule has 4 heteroatoms. The van der Waals surface area contributed by atoms with Gasteiger partial charge in [0.2, 0.25) is 0 Å². The van der Waals surface area contributed by atoms with Crippen molar-refractivity contribution in [2.75, 3.05) is 6.61 Å². The summed E-state index contributed by atoms with van der Waals surface area (Å²) in [4.78, 5) is 0. The third kappa shape index (κ3) is 4.33. The van der Waals surface area contributed by atoms with Gasteiger partial charge in [-0.25, -0.2) is 4.39 Å². The Hall–Kier alpha value is 0.266. The monoisotopic (exact) mass is 242 g/mol. The summed E-state index contributed by atoms with van der Waals surface area (Å²) in [6.07, 6.45) is 4.59. The Balaban J connectivity index is 0. The molecule has 0 unspecified atom stereocenters. The van der Waals surface area contributed by atoms with Crippen LogP contribution in [0.3, 0.4) is 0 Å². The molecule has 0 saturated heterocycles. The number of rotatable bonds is 2. The minimum atomic E-state index is -0.333. The van der Waals surface area contributed by atoms with Crippen LogP contribution in [0.25, 0.3) is 0 Å². The van der Waals surface area contributed by atoms with Gasteiger partial charge in [-0.1, -0.05) is 0 Å². The van der Waals surface area contributed by atoms with Gasteiger partial charge in [0.15, 0.2) is 0 Å². The molecule has 0 heterocycles. The Bertz CT molecular complexity index is 209. The summed E-state index contributed by atoms with van der Waals surface area (Å²) < 4.78 is 17.6. The molecule has 62 valence electrons. The van der Waals surface area contributed by atoms with Gasteiger partial charge in [0.05, 0.1) is 0 Å². The minimum Gasteiger partial charge on any atom is -1.00 e. The van der Waals surface area contributed by atoms with Crippen molar-refractivity contribution >= 4 is 23.1 Å². The van der Waals surface area contributed by atoms with Gasteiger partial charge in [0.1, 0.15) is 0 Å². The summed E-state index contributed by atoms with van der Waals surface area (Å²) in [5.41, 5.74) is 2.72. The molecule has 0 radical (unpaired) electrons. The summed E-state index contributed by atoms with van der Waals surface area (Å²) in [5, 5.41) is 0. The molecule has 0 saturated carbocycles. The first kappa shape index (κ1) is 14.8. The van der Waals surface area contributed by atoms with E-state index in [1.165, 1.54) is 18.2 Å². The predicted molar refractivity (Wildman–Crippen MR) is 42.5 cm³/mol. The molecule has 0 amide bonds. The Morgan fingerprint density at radius 2 is 2.33 bits per heavy atom. The Kier molecular flexibility index (Phi) is 9.72. The molecule has 0 aromatic carbocycles. The molecule has 1 nitrogen and oxygen atoms in total. The van der Waals surface area contributed by atoms with Gasteiger partial charge in [-0.2, -0.15) is 0 Å². The van der Waals surface area contributed by atoms with E-state index in [-0.39, 0.29) is 52.0 Å². The van der Waals surface area contributed by atoms with Gasteiger partial charge in [-0.15, -0.1) is 18.2 Å². The van der Waals surface area contributed by atoms with E-state index in [1.54, 1.807) is 0 Å². The molecule has 0 fully saturated rings. The molecule has 1 aliphatic rings. The number of hydrogen-bond acceptors (Lipinski definition) is 1. The van der Waals surface area contributed by atoms with Crippen molar-refractivity contribution in [1.29, 1.82) is 0 Å². The number of allylic oxidation sites excluding steroid dienone is 1. The summed E-state index contributed by atoms with van der Waals surface area (Å²) in [5.74, 6) is -0.333. The van der Waals surface area contributed by atoms with Crippen molar-refractivity contribution < 1.29 is 26.1 Å². The molecule has 0 bridgehead atoms. The van der Waals surface area contributed by atoms with E-state index in [9.17, 15) is 4.39 Å². The number of hydrogen-bond donors (Lipinski definition) is 0. The quantitative estimate of drug-likeness (QED) is 0.335. The van der Waals surface area contributed by atoms with Crippen LogP contribution < -0.4 is 17.0 Å². The van der Waals surface area contributed by atoms with E-state index < -0.39 is 0 Å². The van der Waals surface area contributed by atoms with Crippen LogP contribution in [0.1, 0.15) is 6.92 Å². The average Bonchev–Trinajstić information content (AvgIpc) is 1.94. The molecule has 0 aliphatic heterocycles. The zero-order valence-corrected chi connectivity index (χ0v) is 9.81. The van der Waals surface area contributed by atoms with E-state index in [0.717, 1.165) is 0 Å². The van der Waals surface area contributed by atoms with Gasteiger partial charge in [0, 0.05) is 18.5 Å². The summed E-state index contributed by atoms with van der Waals surface area (Å²) in [6.45, 7) is 2.29. The van der Waals surface area contributed by atoms with Crippen molar-refractivity contribution in [3.63, 3.8) is 0 Å². The van der Waals surface area contributed by atoms with Crippen molar-refractivity contribution in [2.24, 2.45) is 0 Å². The second kappa shape index (κ2) is 7.89. The van der Waals surface area contributed by atoms with E-state index in [4.69, 9.17) is 4.74 Å². The first-order chi connectivity index (χ1) is 4.84. The van der Waals surface area contributed by atoms with E-state index in [0.29, 0.717) is 6.61 Å². The van der Waals surface area contributed by atoms with Crippen molar-refractivity contribution in [3.8, 4) is 0 Å². The second-order valence-corrected chi connectivity index (χ2v) is 1.79. The molecule has 12 heavy (non-hydrogen) atoms. The van der Waals surface area contributed by atoms with Gasteiger partial charge in [-0.05, 0) is 6.92 Å². The molecule has 0 aromatic heterocycles. The van der Waals surface area contributed by atoms with Gasteiger partial charge in [0.25, 0.3) is 0 Å². The molecular formula is C8H8BrFMgO. The molecule has 0 spiro atoms. The topological polar surface area (TPSA) is 9.23 Å². The molecular weight excluding hydrogens is 235 g/mol. The molecule has 0 N–H and O–H groups in total. The minimum absolute atomic E-state index is 0. The van der Waals surface area contributed by atoms with Crippen LogP contribution in [-0.4, -0.2) is 29.7 Å². The number of halogens is 2. The first-order valence-corrected chi connectivity index (χ1v) is 3.13. The summed E-state index contributed by atoms with van der Waals surface area (Å²) in [7, 11) is 0. The maximum absolute atomic E-state index is 12.6. The van der Waals surface area contributed by atoms with Crippen LogP contribution >= 0.6 is 0 Å². The van der Waals surface area contributed by atoms with Crippen molar-refractivity contribution in [3.05, 3.63) is 35.9 Å². The standard InChI is InChI=1S/C8H8FO.BrH.Mg/c1-2-10-8-6-4-3-5-7(8)9;;/h3,5-6H,2H2,1H3;1H;/q-1;;+2/p-1. The fourth-order valence-electron chi connectivity index (χ4n) is 0.662. The van der Waals surface area contributed by atoms with Gasteiger partial charge in [-0.3, -0.25) is 5.73 Å². The summed E-state index contributed by atoms with van der Waals surface area (Å²) in [6, 6.07) is 0. The van der Waals surface area contributed by atoms with Crippen LogP contribution in [0.4, 0.5) is 4.39 Å². The number of ether oxygens (including phenoxy) is 1. The van der Waals surface area contributed by atoms with Gasteiger partial charge >= 0.3 is 23.1 Å². The fraction of sp³-hybridized carbons (Fsp3) is 0.250.